The van der Waals surface area contributed by atoms with Gasteiger partial charge in [0.2, 0.25) is 5.91 Å². The second kappa shape index (κ2) is 6.63. The van der Waals surface area contributed by atoms with Crippen LogP contribution in [0.5, 0.6) is 0 Å². The Bertz CT molecular complexity index is 473. The lowest BCUT2D eigenvalue weighted by atomic mass is 9.69. The molecule has 1 aromatic rings. The van der Waals surface area contributed by atoms with Crippen molar-refractivity contribution in [1.29, 1.82) is 0 Å². The highest BCUT2D eigenvalue weighted by Gasteiger charge is 2.34. The van der Waals surface area contributed by atoms with Crippen LogP contribution in [-0.2, 0) is 18.3 Å². The lowest BCUT2D eigenvalue weighted by Crippen LogP contribution is -2.46. The van der Waals surface area contributed by atoms with Gasteiger partial charge in [0.1, 0.15) is 0 Å². The smallest absolute Gasteiger partial charge is 0.220 e. The van der Waals surface area contributed by atoms with E-state index in [1.54, 1.807) is 6.20 Å². The zero-order valence-electron chi connectivity index (χ0n) is 13.9. The van der Waals surface area contributed by atoms with E-state index in [9.17, 15) is 4.79 Å². The molecule has 0 aromatic carbocycles. The van der Waals surface area contributed by atoms with Crippen molar-refractivity contribution in [3.8, 4) is 0 Å². The first-order valence-corrected chi connectivity index (χ1v) is 8.14. The fourth-order valence-electron chi connectivity index (χ4n) is 3.51. The molecule has 1 heterocycles. The number of hydrogen-bond donors (Lipinski definition) is 1. The Morgan fingerprint density at radius 3 is 2.71 bits per heavy atom. The SMILES string of the molecule is Cn1nccc1CCC(=O)N[C@@H]1CCCC[C@@H]1C(C)(C)C. The lowest BCUT2D eigenvalue weighted by molar-refractivity contribution is -0.122. The minimum absolute atomic E-state index is 0.178. The number of hydrogen-bond acceptors (Lipinski definition) is 2. The summed E-state index contributed by atoms with van der Waals surface area (Å²) in [5.41, 5.74) is 1.38. The molecule has 1 aromatic heterocycles. The summed E-state index contributed by atoms with van der Waals surface area (Å²) in [4.78, 5) is 12.2. The molecule has 1 saturated carbocycles. The Labute approximate surface area is 128 Å². The van der Waals surface area contributed by atoms with Gasteiger partial charge >= 0.3 is 0 Å². The number of amides is 1. The van der Waals surface area contributed by atoms with E-state index in [1.165, 1.54) is 19.3 Å². The summed E-state index contributed by atoms with van der Waals surface area (Å²) < 4.78 is 1.84. The number of rotatable bonds is 4. The summed E-state index contributed by atoms with van der Waals surface area (Å²) >= 11 is 0. The molecule has 1 aliphatic carbocycles. The van der Waals surface area contributed by atoms with Crippen molar-refractivity contribution in [2.75, 3.05) is 0 Å². The number of nitrogens with one attached hydrogen (secondary N) is 1. The Morgan fingerprint density at radius 1 is 1.38 bits per heavy atom. The van der Waals surface area contributed by atoms with Crippen molar-refractivity contribution in [2.45, 2.75) is 65.3 Å². The third kappa shape index (κ3) is 4.32. The summed E-state index contributed by atoms with van der Waals surface area (Å²) in [6.07, 6.45) is 7.98. The summed E-state index contributed by atoms with van der Waals surface area (Å²) in [6.45, 7) is 6.87. The van der Waals surface area contributed by atoms with Crippen LogP contribution in [0.15, 0.2) is 12.3 Å². The average molecular weight is 291 g/mol. The molecule has 0 radical (unpaired) electrons. The van der Waals surface area contributed by atoms with E-state index in [2.05, 4.69) is 31.2 Å². The molecule has 0 aliphatic heterocycles. The Balaban J connectivity index is 1.87. The zero-order chi connectivity index (χ0) is 15.5. The fraction of sp³-hybridized carbons (Fsp3) is 0.765. The molecule has 4 heteroatoms. The monoisotopic (exact) mass is 291 g/mol. The normalized spacial score (nSPS) is 23.0. The van der Waals surface area contributed by atoms with Crippen molar-refractivity contribution >= 4 is 5.91 Å². The van der Waals surface area contributed by atoms with Gasteiger partial charge in [0.25, 0.3) is 0 Å². The largest absolute Gasteiger partial charge is 0.353 e. The molecule has 0 saturated heterocycles. The van der Waals surface area contributed by atoms with Crippen LogP contribution in [0.25, 0.3) is 0 Å². The third-order valence-corrected chi connectivity index (χ3v) is 4.76. The van der Waals surface area contributed by atoms with Crippen LogP contribution in [0.2, 0.25) is 0 Å². The topological polar surface area (TPSA) is 46.9 Å². The first-order valence-electron chi connectivity index (χ1n) is 8.14. The minimum Gasteiger partial charge on any atom is -0.353 e. The van der Waals surface area contributed by atoms with Crippen LogP contribution in [0.1, 0.15) is 58.6 Å². The van der Waals surface area contributed by atoms with E-state index in [-0.39, 0.29) is 11.3 Å². The van der Waals surface area contributed by atoms with Crippen molar-refractivity contribution < 1.29 is 4.79 Å². The number of carbonyl (C=O) groups is 1. The van der Waals surface area contributed by atoms with Crippen molar-refractivity contribution in [2.24, 2.45) is 18.4 Å². The molecule has 21 heavy (non-hydrogen) atoms. The number of carbonyl (C=O) groups excluding carboxylic acids is 1. The van der Waals surface area contributed by atoms with Crippen LogP contribution in [0, 0.1) is 11.3 Å². The van der Waals surface area contributed by atoms with Crippen LogP contribution >= 0.6 is 0 Å². The number of aryl methyl sites for hydroxylation is 2. The standard InChI is InChI=1S/C17H29N3O/c1-17(2,3)14-7-5-6-8-15(14)19-16(21)10-9-13-11-12-18-20(13)4/h11-12,14-15H,5-10H2,1-4H3,(H,19,21)/t14-,15+/m0/s1. The highest BCUT2D eigenvalue weighted by molar-refractivity contribution is 5.76. The summed E-state index contributed by atoms with van der Waals surface area (Å²) in [5, 5.41) is 7.43. The molecule has 0 spiro atoms. The van der Waals surface area contributed by atoms with E-state index in [0.717, 1.165) is 18.5 Å². The quantitative estimate of drug-likeness (QED) is 0.926. The van der Waals surface area contributed by atoms with Gasteiger partial charge < -0.3 is 5.32 Å². The summed E-state index contributed by atoms with van der Waals surface area (Å²) in [5.74, 6) is 0.768. The average Bonchev–Trinajstić information content (AvgIpc) is 2.81. The first kappa shape index (κ1) is 16.1. The Hall–Kier alpha value is -1.32. The molecule has 4 nitrogen and oxygen atoms in total. The second-order valence-electron chi connectivity index (χ2n) is 7.38. The molecule has 118 valence electrons. The molecule has 0 unspecified atom stereocenters. The van der Waals surface area contributed by atoms with E-state index in [1.807, 2.05) is 17.8 Å². The molecule has 2 rings (SSSR count). The zero-order valence-corrected chi connectivity index (χ0v) is 13.9. The van der Waals surface area contributed by atoms with Crippen LogP contribution < -0.4 is 5.32 Å². The fourth-order valence-corrected chi connectivity index (χ4v) is 3.51. The maximum atomic E-state index is 12.2. The highest BCUT2D eigenvalue weighted by Crippen LogP contribution is 2.37. The van der Waals surface area contributed by atoms with Crippen LogP contribution in [-0.4, -0.2) is 21.7 Å². The number of nitrogens with zero attached hydrogens (tertiary/aromatic N) is 2. The molecular weight excluding hydrogens is 262 g/mol. The van der Waals surface area contributed by atoms with E-state index in [4.69, 9.17) is 0 Å². The predicted octanol–water partition coefficient (Wildman–Crippen LogP) is 3.07. The molecule has 0 bridgehead atoms. The van der Waals surface area contributed by atoms with Gasteiger partial charge in [-0.15, -0.1) is 0 Å². The van der Waals surface area contributed by atoms with Gasteiger partial charge in [-0.1, -0.05) is 33.6 Å². The molecule has 1 fully saturated rings. The maximum Gasteiger partial charge on any atom is 0.220 e. The van der Waals surface area contributed by atoms with Crippen molar-refractivity contribution in [3.05, 3.63) is 18.0 Å². The summed E-state index contributed by atoms with van der Waals surface area (Å²) in [6, 6.07) is 2.32. The van der Waals surface area contributed by atoms with Gasteiger partial charge in [0, 0.05) is 31.4 Å². The molecular formula is C17H29N3O. The van der Waals surface area contributed by atoms with E-state index < -0.39 is 0 Å². The Morgan fingerprint density at radius 2 is 2.10 bits per heavy atom. The van der Waals surface area contributed by atoms with Gasteiger partial charge in [0.05, 0.1) is 0 Å². The molecule has 2 atom stereocenters. The van der Waals surface area contributed by atoms with Crippen molar-refractivity contribution in [1.82, 2.24) is 15.1 Å². The van der Waals surface area contributed by atoms with Gasteiger partial charge in [-0.2, -0.15) is 5.10 Å². The Kier molecular flexibility index (Phi) is 5.07. The van der Waals surface area contributed by atoms with E-state index in [0.29, 0.717) is 18.4 Å². The first-order chi connectivity index (χ1) is 9.88. The highest BCUT2D eigenvalue weighted by atomic mass is 16.1. The van der Waals surface area contributed by atoms with Crippen LogP contribution in [0.3, 0.4) is 0 Å². The minimum atomic E-state index is 0.178. The number of aromatic nitrogens is 2. The molecule has 1 N–H and O–H groups in total. The van der Waals surface area contributed by atoms with Crippen LogP contribution in [0.4, 0.5) is 0 Å². The van der Waals surface area contributed by atoms with E-state index >= 15 is 0 Å². The predicted molar refractivity (Wildman–Crippen MR) is 84.9 cm³/mol. The molecule has 1 amide bonds. The van der Waals surface area contributed by atoms with Crippen molar-refractivity contribution in [3.63, 3.8) is 0 Å². The third-order valence-electron chi connectivity index (χ3n) is 4.76. The van der Waals surface area contributed by atoms with Gasteiger partial charge in [0.15, 0.2) is 0 Å². The van der Waals surface area contributed by atoms with Gasteiger partial charge in [-0.3, -0.25) is 9.48 Å². The molecule has 1 aliphatic rings. The van der Waals surface area contributed by atoms with Gasteiger partial charge in [-0.05, 0) is 36.7 Å². The summed E-state index contributed by atoms with van der Waals surface area (Å²) in [7, 11) is 1.92. The van der Waals surface area contributed by atoms with Gasteiger partial charge in [-0.25, -0.2) is 0 Å². The maximum absolute atomic E-state index is 12.2. The lowest BCUT2D eigenvalue weighted by Gasteiger charge is -2.40. The second-order valence-corrected chi connectivity index (χ2v) is 7.38.